The van der Waals surface area contributed by atoms with Gasteiger partial charge in [-0.2, -0.15) is 0 Å². The van der Waals surface area contributed by atoms with Crippen LogP contribution in [-0.2, 0) is 9.53 Å². The highest BCUT2D eigenvalue weighted by molar-refractivity contribution is 5.75. The van der Waals surface area contributed by atoms with Gasteiger partial charge < -0.3 is 10.5 Å². The van der Waals surface area contributed by atoms with E-state index in [-0.39, 0.29) is 6.61 Å². The zero-order valence-electron chi connectivity index (χ0n) is 10.4. The average Bonchev–Trinajstić information content (AvgIpc) is 2.31. The monoisotopic (exact) mass is 239 g/mol. The fourth-order valence-electron chi connectivity index (χ4n) is 1.66. The Morgan fingerprint density at radius 3 is 2.71 bits per heavy atom. The van der Waals surface area contributed by atoms with Gasteiger partial charge in [-0.1, -0.05) is 18.2 Å². The minimum Gasteiger partial charge on any atom is -0.464 e. The van der Waals surface area contributed by atoms with Crippen molar-refractivity contribution in [1.29, 1.82) is 0 Å². The summed E-state index contributed by atoms with van der Waals surface area (Å²) in [7, 11) is 0. The Kier molecular flexibility index (Phi) is 4.63. The zero-order valence-corrected chi connectivity index (χ0v) is 10.4. The third-order valence-corrected chi connectivity index (χ3v) is 2.83. The molecule has 0 saturated carbocycles. The summed E-state index contributed by atoms with van der Waals surface area (Å²) >= 11 is 0. The number of nitrogens with two attached hydrogens (primary N) is 1. The van der Waals surface area contributed by atoms with Crippen molar-refractivity contribution in [3.05, 3.63) is 34.9 Å². The Bertz CT molecular complexity index is 406. The van der Waals surface area contributed by atoms with E-state index in [9.17, 15) is 9.18 Å². The Balaban J connectivity index is 2.92. The van der Waals surface area contributed by atoms with Crippen LogP contribution in [0, 0.1) is 13.8 Å². The molecule has 0 radical (unpaired) electrons. The van der Waals surface area contributed by atoms with Crippen LogP contribution in [0.4, 0.5) is 4.39 Å². The van der Waals surface area contributed by atoms with Crippen molar-refractivity contribution in [2.24, 2.45) is 5.73 Å². The molecule has 3 nitrogen and oxygen atoms in total. The number of alkyl halides is 1. The van der Waals surface area contributed by atoms with Crippen LogP contribution in [0.1, 0.15) is 29.7 Å². The number of esters is 1. The van der Waals surface area contributed by atoms with Gasteiger partial charge in [0.15, 0.2) is 0 Å². The smallest absolute Gasteiger partial charge is 0.342 e. The summed E-state index contributed by atoms with van der Waals surface area (Å²) in [5.41, 5.74) is 8.34. The number of halogens is 1. The molecular weight excluding hydrogens is 221 g/mol. The molecule has 17 heavy (non-hydrogen) atoms. The van der Waals surface area contributed by atoms with Crippen LogP contribution in [-0.4, -0.2) is 18.7 Å². The molecule has 0 aliphatic carbocycles. The summed E-state index contributed by atoms with van der Waals surface area (Å²) in [4.78, 5) is 11.3. The van der Waals surface area contributed by atoms with Gasteiger partial charge in [-0.05, 0) is 37.5 Å². The maximum atomic E-state index is 13.8. The summed E-state index contributed by atoms with van der Waals surface area (Å²) in [6.07, 6.45) is -1.82. The van der Waals surface area contributed by atoms with Crippen LogP contribution in [0.2, 0.25) is 0 Å². The van der Waals surface area contributed by atoms with Crippen molar-refractivity contribution in [1.82, 2.24) is 0 Å². The zero-order chi connectivity index (χ0) is 13.0. The lowest BCUT2D eigenvalue weighted by Gasteiger charge is -2.18. The van der Waals surface area contributed by atoms with E-state index in [0.29, 0.717) is 5.56 Å². The van der Waals surface area contributed by atoms with Gasteiger partial charge in [-0.15, -0.1) is 0 Å². The molecular formula is C13H18FNO2. The molecule has 4 heteroatoms. The van der Waals surface area contributed by atoms with E-state index < -0.39 is 18.2 Å². The lowest BCUT2D eigenvalue weighted by atomic mass is 9.95. The summed E-state index contributed by atoms with van der Waals surface area (Å²) in [6.45, 7) is 5.57. The molecule has 94 valence electrons. The number of rotatable bonds is 4. The fourth-order valence-corrected chi connectivity index (χ4v) is 1.66. The van der Waals surface area contributed by atoms with Crippen LogP contribution in [0.15, 0.2) is 18.2 Å². The molecule has 1 aromatic carbocycles. The molecule has 0 aromatic heterocycles. The van der Waals surface area contributed by atoms with Crippen LogP contribution < -0.4 is 5.73 Å². The highest BCUT2D eigenvalue weighted by Gasteiger charge is 2.28. The highest BCUT2D eigenvalue weighted by Crippen LogP contribution is 2.23. The Morgan fingerprint density at radius 1 is 1.47 bits per heavy atom. The first-order chi connectivity index (χ1) is 7.99. The molecule has 2 N–H and O–H groups in total. The Morgan fingerprint density at radius 2 is 2.12 bits per heavy atom. The van der Waals surface area contributed by atoms with Gasteiger partial charge in [0, 0.05) is 0 Å². The maximum absolute atomic E-state index is 13.8. The number of hydrogen-bond donors (Lipinski definition) is 1. The van der Waals surface area contributed by atoms with Gasteiger partial charge >= 0.3 is 5.97 Å². The first-order valence-corrected chi connectivity index (χ1v) is 5.61. The van der Waals surface area contributed by atoms with Crippen LogP contribution in [0.25, 0.3) is 0 Å². The molecule has 0 spiro atoms. The third-order valence-electron chi connectivity index (χ3n) is 2.83. The molecule has 0 aliphatic heterocycles. The quantitative estimate of drug-likeness (QED) is 0.819. The van der Waals surface area contributed by atoms with Crippen molar-refractivity contribution in [3.8, 4) is 0 Å². The minimum absolute atomic E-state index is 0.152. The minimum atomic E-state index is -1.82. The topological polar surface area (TPSA) is 52.3 Å². The van der Waals surface area contributed by atoms with E-state index in [1.165, 1.54) is 0 Å². The summed E-state index contributed by atoms with van der Waals surface area (Å²) in [6, 6.07) is 4.48. The largest absolute Gasteiger partial charge is 0.464 e. The Hall–Kier alpha value is -1.42. The van der Waals surface area contributed by atoms with Gasteiger partial charge in [0.05, 0.1) is 12.6 Å². The van der Waals surface area contributed by atoms with E-state index in [4.69, 9.17) is 5.73 Å². The van der Waals surface area contributed by atoms with E-state index >= 15 is 0 Å². The molecule has 1 unspecified atom stereocenters. The molecule has 0 saturated heterocycles. The maximum Gasteiger partial charge on any atom is 0.342 e. The van der Waals surface area contributed by atoms with Crippen LogP contribution in [0.5, 0.6) is 0 Å². The number of benzene rings is 1. The number of hydrogen-bond acceptors (Lipinski definition) is 3. The lowest BCUT2D eigenvalue weighted by Crippen LogP contribution is -2.32. The Labute approximate surface area is 101 Å². The molecule has 2 atom stereocenters. The van der Waals surface area contributed by atoms with Gasteiger partial charge in [-0.3, -0.25) is 0 Å². The van der Waals surface area contributed by atoms with Crippen molar-refractivity contribution in [3.63, 3.8) is 0 Å². The molecule has 1 aromatic rings. The van der Waals surface area contributed by atoms with Crippen molar-refractivity contribution >= 4 is 5.97 Å². The van der Waals surface area contributed by atoms with Crippen LogP contribution in [0.3, 0.4) is 0 Å². The second-order valence-electron chi connectivity index (χ2n) is 3.97. The van der Waals surface area contributed by atoms with Gasteiger partial charge in [-0.25, -0.2) is 9.18 Å². The number of carbonyl (C=O) groups excluding carboxylic acids is 1. The fraction of sp³-hybridized carbons (Fsp3) is 0.462. The molecule has 0 heterocycles. The third kappa shape index (κ3) is 3.03. The molecule has 1 rings (SSSR count). The van der Waals surface area contributed by atoms with Crippen molar-refractivity contribution in [2.75, 3.05) is 6.61 Å². The highest BCUT2D eigenvalue weighted by atomic mass is 19.1. The van der Waals surface area contributed by atoms with Gasteiger partial charge in [0.1, 0.15) is 0 Å². The normalized spacial score (nSPS) is 14.2. The van der Waals surface area contributed by atoms with Crippen molar-refractivity contribution in [2.45, 2.75) is 33.0 Å². The van der Waals surface area contributed by atoms with Crippen LogP contribution >= 0.6 is 0 Å². The van der Waals surface area contributed by atoms with Gasteiger partial charge in [0.2, 0.25) is 6.17 Å². The average molecular weight is 239 g/mol. The summed E-state index contributed by atoms with van der Waals surface area (Å²) in [5.74, 6) is -0.902. The molecule has 0 aliphatic rings. The van der Waals surface area contributed by atoms with E-state index in [0.717, 1.165) is 11.1 Å². The molecule has 0 fully saturated rings. The molecule has 0 bridgehead atoms. The lowest BCUT2D eigenvalue weighted by molar-refractivity contribution is -0.149. The predicted octanol–water partition coefficient (Wildman–Crippen LogP) is 2.20. The summed E-state index contributed by atoms with van der Waals surface area (Å²) in [5, 5.41) is 0. The van der Waals surface area contributed by atoms with Gasteiger partial charge in [0.25, 0.3) is 0 Å². The SMILES string of the molecule is CCOC(=O)C(F)[C@@H](N)c1cccc(C)c1C. The number of aryl methyl sites for hydroxylation is 1. The standard InChI is InChI=1S/C13H18FNO2/c1-4-17-13(16)11(14)12(15)10-7-5-6-8(2)9(10)3/h5-7,11-12H,4,15H2,1-3H3/t11?,12-/m0/s1. The summed E-state index contributed by atoms with van der Waals surface area (Å²) < 4.78 is 18.4. The van der Waals surface area contributed by atoms with E-state index in [1.54, 1.807) is 19.1 Å². The van der Waals surface area contributed by atoms with E-state index in [2.05, 4.69) is 4.74 Å². The van der Waals surface area contributed by atoms with Crippen molar-refractivity contribution < 1.29 is 13.9 Å². The second-order valence-corrected chi connectivity index (χ2v) is 3.97. The first-order valence-electron chi connectivity index (χ1n) is 5.61. The first kappa shape index (κ1) is 13.6. The number of carbonyl (C=O) groups is 1. The second kappa shape index (κ2) is 5.77. The predicted molar refractivity (Wildman–Crippen MR) is 64.4 cm³/mol. The number of ether oxygens (including phenoxy) is 1. The van der Waals surface area contributed by atoms with E-state index in [1.807, 2.05) is 19.9 Å². The molecule has 0 amide bonds.